The first-order valence-electron chi connectivity index (χ1n) is 8.61. The number of carbonyl (C=O) groups excluding carboxylic acids is 1. The van der Waals surface area contributed by atoms with E-state index < -0.39 is 5.60 Å². The van der Waals surface area contributed by atoms with Gasteiger partial charge in [-0.25, -0.2) is 9.78 Å². The third-order valence-corrected chi connectivity index (χ3v) is 4.10. The van der Waals surface area contributed by atoms with E-state index in [2.05, 4.69) is 4.98 Å². The van der Waals surface area contributed by atoms with E-state index in [-0.39, 0.29) is 12.2 Å². The Hall–Kier alpha value is -2.50. The molecule has 2 aromatic rings. The lowest BCUT2D eigenvalue weighted by molar-refractivity contribution is 0.00777. The van der Waals surface area contributed by atoms with Crippen molar-refractivity contribution in [3.8, 4) is 5.75 Å². The van der Waals surface area contributed by atoms with Crippen LogP contribution in [0.15, 0.2) is 30.5 Å². The van der Waals surface area contributed by atoms with Crippen molar-refractivity contribution >= 4 is 22.7 Å². The second-order valence-electron chi connectivity index (χ2n) is 7.39. The Labute approximate surface area is 147 Å². The van der Waals surface area contributed by atoms with Crippen molar-refractivity contribution < 1.29 is 14.3 Å². The number of aromatic nitrogens is 1. The van der Waals surface area contributed by atoms with Crippen LogP contribution in [0.4, 0.5) is 10.6 Å². The van der Waals surface area contributed by atoms with Crippen LogP contribution in [0.1, 0.15) is 33.6 Å². The molecule has 0 bridgehead atoms. The van der Waals surface area contributed by atoms with E-state index >= 15 is 0 Å². The van der Waals surface area contributed by atoms with Crippen molar-refractivity contribution in [3.05, 3.63) is 30.5 Å². The predicted octanol–water partition coefficient (Wildman–Crippen LogP) is 3.60. The summed E-state index contributed by atoms with van der Waals surface area (Å²) in [7, 11) is 0. The average Bonchev–Trinajstić information content (AvgIpc) is 2.54. The highest BCUT2D eigenvalue weighted by atomic mass is 16.6. The number of anilines is 1. The van der Waals surface area contributed by atoms with Crippen LogP contribution in [-0.2, 0) is 4.74 Å². The van der Waals surface area contributed by atoms with Gasteiger partial charge in [-0.3, -0.25) is 0 Å². The monoisotopic (exact) mass is 343 g/mol. The lowest BCUT2D eigenvalue weighted by atomic mass is 10.1. The Balaban J connectivity index is 1.67. The molecule has 1 saturated heterocycles. The topological polar surface area (TPSA) is 77.7 Å². The molecule has 2 N–H and O–H groups in total. The number of carbonyl (C=O) groups is 1. The molecular formula is C19H25N3O3. The van der Waals surface area contributed by atoms with Crippen LogP contribution in [-0.4, -0.2) is 40.8 Å². The number of rotatable bonds is 2. The number of ether oxygens (including phenoxy) is 2. The Bertz CT molecular complexity index is 770. The molecule has 1 aromatic carbocycles. The molecule has 0 spiro atoms. The summed E-state index contributed by atoms with van der Waals surface area (Å²) in [5.41, 5.74) is 5.39. The van der Waals surface area contributed by atoms with Gasteiger partial charge in [-0.15, -0.1) is 0 Å². The molecule has 25 heavy (non-hydrogen) atoms. The minimum absolute atomic E-state index is 0.0436. The predicted molar refractivity (Wildman–Crippen MR) is 97.6 cm³/mol. The molecule has 6 heteroatoms. The van der Waals surface area contributed by atoms with Gasteiger partial charge in [0.15, 0.2) is 0 Å². The van der Waals surface area contributed by atoms with Crippen LogP contribution < -0.4 is 10.5 Å². The SMILES string of the molecule is CC(C)(C)OC(=O)N1CCCC(Oc2ccc3c(N)nccc3c2)C1. The van der Waals surface area contributed by atoms with Gasteiger partial charge in [-0.05, 0) is 63.3 Å². The zero-order valence-corrected chi connectivity index (χ0v) is 15.0. The number of nitrogen functional groups attached to an aromatic ring is 1. The summed E-state index contributed by atoms with van der Waals surface area (Å²) in [4.78, 5) is 18.1. The summed E-state index contributed by atoms with van der Waals surface area (Å²) < 4.78 is 11.6. The van der Waals surface area contributed by atoms with Gasteiger partial charge in [0.1, 0.15) is 23.3 Å². The summed E-state index contributed by atoms with van der Waals surface area (Å²) in [6.45, 7) is 6.86. The summed E-state index contributed by atoms with van der Waals surface area (Å²) in [5.74, 6) is 1.28. The number of benzene rings is 1. The highest BCUT2D eigenvalue weighted by Crippen LogP contribution is 2.26. The van der Waals surface area contributed by atoms with Crippen LogP contribution in [0.5, 0.6) is 5.75 Å². The molecule has 1 fully saturated rings. The van der Waals surface area contributed by atoms with Gasteiger partial charge in [0.25, 0.3) is 0 Å². The Kier molecular flexibility index (Phi) is 4.70. The van der Waals surface area contributed by atoms with Crippen molar-refractivity contribution in [2.45, 2.75) is 45.3 Å². The molecule has 1 amide bonds. The van der Waals surface area contributed by atoms with Crippen LogP contribution in [0.2, 0.25) is 0 Å². The second-order valence-corrected chi connectivity index (χ2v) is 7.39. The van der Waals surface area contributed by atoms with Crippen LogP contribution in [0, 0.1) is 0 Å². The van der Waals surface area contributed by atoms with Gasteiger partial charge in [0.2, 0.25) is 0 Å². The fourth-order valence-electron chi connectivity index (χ4n) is 2.97. The number of nitrogens with two attached hydrogens (primary N) is 1. The zero-order valence-electron chi connectivity index (χ0n) is 15.0. The number of piperidine rings is 1. The van der Waals surface area contributed by atoms with E-state index in [4.69, 9.17) is 15.2 Å². The number of pyridine rings is 1. The maximum absolute atomic E-state index is 12.3. The molecule has 0 saturated carbocycles. The van der Waals surface area contributed by atoms with Gasteiger partial charge in [0.05, 0.1) is 6.54 Å². The fraction of sp³-hybridized carbons (Fsp3) is 0.474. The highest BCUT2D eigenvalue weighted by molar-refractivity contribution is 5.91. The number of hydrogen-bond acceptors (Lipinski definition) is 5. The van der Waals surface area contributed by atoms with Crippen molar-refractivity contribution in [1.82, 2.24) is 9.88 Å². The number of amides is 1. The summed E-state index contributed by atoms with van der Waals surface area (Å²) in [6, 6.07) is 7.68. The largest absolute Gasteiger partial charge is 0.489 e. The third-order valence-electron chi connectivity index (χ3n) is 4.10. The number of hydrogen-bond donors (Lipinski definition) is 1. The lowest BCUT2D eigenvalue weighted by Crippen LogP contribution is -2.46. The van der Waals surface area contributed by atoms with E-state index in [9.17, 15) is 4.79 Å². The van der Waals surface area contributed by atoms with E-state index in [1.165, 1.54) is 0 Å². The van der Waals surface area contributed by atoms with Gasteiger partial charge < -0.3 is 20.1 Å². The first-order valence-corrected chi connectivity index (χ1v) is 8.61. The smallest absolute Gasteiger partial charge is 0.410 e. The number of nitrogens with zero attached hydrogens (tertiary/aromatic N) is 2. The van der Waals surface area contributed by atoms with Crippen LogP contribution >= 0.6 is 0 Å². The highest BCUT2D eigenvalue weighted by Gasteiger charge is 2.28. The van der Waals surface area contributed by atoms with Crippen molar-refractivity contribution in [2.24, 2.45) is 0 Å². The van der Waals surface area contributed by atoms with E-state index in [1.54, 1.807) is 11.1 Å². The average molecular weight is 343 g/mol. The maximum atomic E-state index is 12.3. The van der Waals surface area contributed by atoms with Crippen molar-refractivity contribution in [1.29, 1.82) is 0 Å². The quantitative estimate of drug-likeness (QED) is 0.901. The molecule has 1 unspecified atom stereocenters. The van der Waals surface area contributed by atoms with E-state index in [0.29, 0.717) is 18.9 Å². The molecule has 6 nitrogen and oxygen atoms in total. The normalized spacial score (nSPS) is 18.2. The minimum atomic E-state index is -0.489. The van der Waals surface area contributed by atoms with Crippen LogP contribution in [0.25, 0.3) is 10.8 Å². The molecule has 1 aliphatic rings. The molecule has 2 heterocycles. The van der Waals surface area contributed by atoms with E-state index in [1.807, 2.05) is 45.0 Å². The zero-order chi connectivity index (χ0) is 18.0. The maximum Gasteiger partial charge on any atom is 0.410 e. The first-order chi connectivity index (χ1) is 11.8. The Morgan fingerprint density at radius 1 is 1.32 bits per heavy atom. The van der Waals surface area contributed by atoms with Gasteiger partial charge in [0, 0.05) is 18.1 Å². The molecule has 3 rings (SSSR count). The lowest BCUT2D eigenvalue weighted by Gasteiger charge is -2.34. The fourth-order valence-corrected chi connectivity index (χ4v) is 2.97. The molecular weight excluding hydrogens is 318 g/mol. The van der Waals surface area contributed by atoms with Crippen molar-refractivity contribution in [3.63, 3.8) is 0 Å². The van der Waals surface area contributed by atoms with Gasteiger partial charge in [-0.1, -0.05) is 0 Å². The first kappa shape index (κ1) is 17.3. The summed E-state index contributed by atoms with van der Waals surface area (Å²) in [6.07, 6.45) is 3.17. The van der Waals surface area contributed by atoms with Crippen molar-refractivity contribution in [2.75, 3.05) is 18.8 Å². The standard InChI is InChI=1S/C19H25N3O3/c1-19(2,3)25-18(23)22-10-4-5-15(12-22)24-14-6-7-16-13(11-14)8-9-21-17(16)20/h6-9,11,15H,4-5,10,12H2,1-3H3,(H2,20,21). The Morgan fingerprint density at radius 3 is 2.88 bits per heavy atom. The third kappa shape index (κ3) is 4.32. The minimum Gasteiger partial charge on any atom is -0.489 e. The molecule has 1 aromatic heterocycles. The molecule has 1 atom stereocenters. The summed E-state index contributed by atoms with van der Waals surface area (Å²) in [5, 5.41) is 1.90. The van der Waals surface area contributed by atoms with Crippen LogP contribution in [0.3, 0.4) is 0 Å². The van der Waals surface area contributed by atoms with Gasteiger partial charge in [-0.2, -0.15) is 0 Å². The number of likely N-dealkylation sites (tertiary alicyclic amines) is 1. The molecule has 134 valence electrons. The molecule has 1 aliphatic heterocycles. The molecule has 0 radical (unpaired) electrons. The second kappa shape index (κ2) is 6.78. The number of fused-ring (bicyclic) bond motifs is 1. The Morgan fingerprint density at radius 2 is 2.12 bits per heavy atom. The van der Waals surface area contributed by atoms with Gasteiger partial charge >= 0.3 is 6.09 Å². The van der Waals surface area contributed by atoms with E-state index in [0.717, 1.165) is 29.4 Å². The molecule has 0 aliphatic carbocycles. The summed E-state index contributed by atoms with van der Waals surface area (Å²) >= 11 is 0.